The molecule has 0 aromatic carbocycles. The standard InChI is InChI=1S/Cu.Fe.O.Ti. The number of hydrogen-bond acceptors (Lipinski definition) is 1. The van der Waals surface area contributed by atoms with Crippen molar-refractivity contribution in [2.75, 3.05) is 0 Å². The Bertz CT molecular complexity index is 8.00. The van der Waals surface area contributed by atoms with Gasteiger partial charge in [0.15, 0.2) is 0 Å². The summed E-state index contributed by atoms with van der Waals surface area (Å²) in [6.45, 7) is 0. The van der Waals surface area contributed by atoms with Gasteiger partial charge in [-0.3, -0.25) is 0 Å². The van der Waals surface area contributed by atoms with Gasteiger partial charge in [-0.1, -0.05) is 0 Å². The molecule has 0 aromatic rings. The van der Waals surface area contributed by atoms with Crippen LogP contribution >= 0.6 is 0 Å². The molecule has 4 heteroatoms. The van der Waals surface area contributed by atoms with Crippen molar-refractivity contribution in [3.63, 3.8) is 0 Å². The first-order valence-electron chi connectivity index (χ1n) is 0.204. The van der Waals surface area contributed by atoms with Gasteiger partial charge < -0.3 is 0 Å². The fourth-order valence-corrected chi connectivity index (χ4v) is 0. The Balaban J connectivity index is -0.00000000500. The summed E-state index contributed by atoms with van der Waals surface area (Å²) < 4.78 is 8.25. The van der Waals surface area contributed by atoms with E-state index < -0.39 is 0 Å². The van der Waals surface area contributed by atoms with Crippen LogP contribution in [0.2, 0.25) is 0 Å². The molecule has 0 heterocycles. The van der Waals surface area contributed by atoms with Gasteiger partial charge in [-0.25, -0.2) is 0 Å². The maximum absolute atomic E-state index is 8.25. The number of hydrogen-bond donors (Lipinski definition) is 0. The summed E-state index contributed by atoms with van der Waals surface area (Å²) in [5.41, 5.74) is 0. The molecule has 0 aliphatic heterocycles. The van der Waals surface area contributed by atoms with Crippen LogP contribution in [-0.2, 0) is 57.9 Å². The zero-order valence-corrected chi connectivity index (χ0v) is 5.17. The number of rotatable bonds is 0. The molecule has 0 amide bonds. The van der Waals surface area contributed by atoms with Crippen LogP contribution in [0.25, 0.3) is 0 Å². The molecule has 0 N–H and O–H groups in total. The Morgan fingerprint density at radius 2 is 1.25 bits per heavy atom. The van der Waals surface area contributed by atoms with Gasteiger partial charge in [0.2, 0.25) is 0 Å². The molecule has 0 aromatic heterocycles. The molecular formula is CuFeOTi. The monoisotopic (exact) mass is 183 g/mol. The molecule has 1 radical (unpaired) electrons. The van der Waals surface area contributed by atoms with Crippen LogP contribution < -0.4 is 0 Å². The predicted molar refractivity (Wildman–Crippen MR) is 0.686 cm³/mol. The molecule has 0 unspecified atom stereocenters. The van der Waals surface area contributed by atoms with Crippen molar-refractivity contribution in [2.45, 2.75) is 0 Å². The fraction of sp³-hybridized carbons (Fsp3) is 0. The summed E-state index contributed by atoms with van der Waals surface area (Å²) in [7, 11) is 0. The minimum atomic E-state index is 0. The van der Waals surface area contributed by atoms with Crippen LogP contribution in [0.4, 0.5) is 0 Å². The van der Waals surface area contributed by atoms with Crippen molar-refractivity contribution in [2.24, 2.45) is 0 Å². The first kappa shape index (κ1) is 17.7. The average Bonchev–Trinajstić information content (AvgIpc) is 1.00. The van der Waals surface area contributed by atoms with Gasteiger partial charge in [0.05, 0.1) is 0 Å². The van der Waals surface area contributed by atoms with E-state index in [-0.39, 0.29) is 34.1 Å². The zero-order chi connectivity index (χ0) is 2.00. The van der Waals surface area contributed by atoms with E-state index in [1.165, 1.54) is 0 Å². The molecule has 29 valence electrons. The Labute approximate surface area is 57.6 Å². The molecule has 0 aliphatic rings. The van der Waals surface area contributed by atoms with E-state index in [2.05, 4.69) is 0 Å². The topological polar surface area (TPSA) is 17.1 Å². The van der Waals surface area contributed by atoms with Crippen LogP contribution in [0.3, 0.4) is 0 Å². The molecule has 4 heavy (non-hydrogen) atoms. The second kappa shape index (κ2) is 23.8. The summed E-state index contributed by atoms with van der Waals surface area (Å²) in [6, 6.07) is 0. The summed E-state index contributed by atoms with van der Waals surface area (Å²) in [4.78, 5) is 0. The third kappa shape index (κ3) is 9.60. The van der Waals surface area contributed by atoms with E-state index in [9.17, 15) is 0 Å². The maximum atomic E-state index is 8.25. The molecule has 0 spiro atoms. The summed E-state index contributed by atoms with van der Waals surface area (Å²) >= 11 is 0.750. The molecule has 0 rings (SSSR count). The van der Waals surface area contributed by atoms with Crippen LogP contribution in [0.15, 0.2) is 0 Å². The second-order valence-electron chi connectivity index (χ2n) is 0. The van der Waals surface area contributed by atoms with E-state index in [4.69, 9.17) is 3.32 Å². The molecule has 0 saturated heterocycles. The molecule has 0 saturated carbocycles. The quantitative estimate of drug-likeness (QED) is 0.478. The van der Waals surface area contributed by atoms with Gasteiger partial charge in [0, 0.05) is 34.1 Å². The van der Waals surface area contributed by atoms with E-state index in [0.29, 0.717) is 0 Å². The molecular weight excluding hydrogens is 183 g/mol. The molecule has 0 aliphatic carbocycles. The summed E-state index contributed by atoms with van der Waals surface area (Å²) in [5.74, 6) is 0. The first-order valence-corrected chi connectivity index (χ1v) is 0.842. The Morgan fingerprint density at radius 1 is 1.25 bits per heavy atom. The second-order valence-corrected chi connectivity index (χ2v) is 0. The van der Waals surface area contributed by atoms with Crippen molar-refractivity contribution in [1.29, 1.82) is 0 Å². The summed E-state index contributed by atoms with van der Waals surface area (Å²) in [5, 5.41) is 0. The zero-order valence-electron chi connectivity index (χ0n) is 1.56. The van der Waals surface area contributed by atoms with E-state index in [1.807, 2.05) is 0 Å². The van der Waals surface area contributed by atoms with Crippen molar-refractivity contribution >= 4 is 0 Å². The van der Waals surface area contributed by atoms with Crippen LogP contribution in [0.1, 0.15) is 0 Å². The van der Waals surface area contributed by atoms with Crippen molar-refractivity contribution in [1.82, 2.24) is 0 Å². The minimum absolute atomic E-state index is 0. The molecule has 0 bridgehead atoms. The Morgan fingerprint density at radius 3 is 1.25 bits per heavy atom. The van der Waals surface area contributed by atoms with Gasteiger partial charge in [-0.15, -0.1) is 0 Å². The molecule has 1 nitrogen and oxygen atoms in total. The van der Waals surface area contributed by atoms with Gasteiger partial charge in [0.25, 0.3) is 0 Å². The average molecular weight is 183 g/mol. The fourth-order valence-electron chi connectivity index (χ4n) is 0. The van der Waals surface area contributed by atoms with Crippen LogP contribution in [-0.4, -0.2) is 0 Å². The SMILES string of the molecule is [Cu].[Fe].[O]=[Ti]. The van der Waals surface area contributed by atoms with Gasteiger partial charge in [-0.05, 0) is 0 Å². The van der Waals surface area contributed by atoms with Gasteiger partial charge >= 0.3 is 23.7 Å². The predicted octanol–water partition coefficient (Wildman–Crippen LogP) is -0.126. The van der Waals surface area contributed by atoms with E-state index >= 15 is 0 Å². The van der Waals surface area contributed by atoms with Crippen molar-refractivity contribution in [3.05, 3.63) is 0 Å². The van der Waals surface area contributed by atoms with Gasteiger partial charge in [-0.2, -0.15) is 0 Å². The summed E-state index contributed by atoms with van der Waals surface area (Å²) in [6.07, 6.45) is 0. The van der Waals surface area contributed by atoms with Gasteiger partial charge in [0.1, 0.15) is 0 Å². The normalized spacial score (nSPS) is 0.750. The third-order valence-electron chi connectivity index (χ3n) is 0. The third-order valence-corrected chi connectivity index (χ3v) is 0. The van der Waals surface area contributed by atoms with Crippen LogP contribution in [0.5, 0.6) is 0 Å². The van der Waals surface area contributed by atoms with Crippen LogP contribution in [0, 0.1) is 0 Å². The Kier molecular flexibility index (Phi) is 105. The first-order chi connectivity index (χ1) is 1.00. The van der Waals surface area contributed by atoms with E-state index in [0.717, 1.165) is 20.4 Å². The van der Waals surface area contributed by atoms with E-state index in [1.54, 1.807) is 0 Å². The molecule has 0 atom stereocenters. The molecule has 0 fully saturated rings. The van der Waals surface area contributed by atoms with Crippen molar-refractivity contribution < 1.29 is 57.9 Å². The van der Waals surface area contributed by atoms with Crippen molar-refractivity contribution in [3.8, 4) is 0 Å². The Hall–Kier alpha value is 1.55.